The Balaban J connectivity index is 2.56. The number of hydrogen-bond donors (Lipinski definition) is 0. The van der Waals surface area contributed by atoms with Crippen LogP contribution in [0.3, 0.4) is 0 Å². The highest BCUT2D eigenvalue weighted by atomic mass is 16.7. The van der Waals surface area contributed by atoms with Crippen LogP contribution in [-0.4, -0.2) is 85.8 Å². The Kier molecular flexibility index (Phi) is 10.4. The fraction of sp³-hybridized carbons (Fsp3) is 0.652. The zero-order chi connectivity index (χ0) is 27.0. The lowest BCUT2D eigenvalue weighted by atomic mass is 9.83. The molecule has 2 aliphatic heterocycles. The fourth-order valence-electron chi connectivity index (χ4n) is 3.99. The minimum atomic E-state index is -1.36. The zero-order valence-electron chi connectivity index (χ0n) is 20.5. The summed E-state index contributed by atoms with van der Waals surface area (Å²) in [7, 11) is 0. The van der Waals surface area contributed by atoms with E-state index < -0.39 is 78.5 Å². The molecule has 36 heavy (non-hydrogen) atoms. The number of hydrogen-bond acceptors (Lipinski definition) is 13. The van der Waals surface area contributed by atoms with Crippen LogP contribution >= 0.6 is 0 Å². The molecule has 0 amide bonds. The number of nitrogens with zero attached hydrogens (tertiary/aromatic N) is 1. The molecule has 0 unspecified atom stereocenters. The second-order valence-electron chi connectivity index (χ2n) is 8.15. The normalized spacial score (nSPS) is 31.3. The lowest BCUT2D eigenvalue weighted by molar-refractivity contribution is -0.265. The number of ether oxygens (including phenoxy) is 7. The summed E-state index contributed by atoms with van der Waals surface area (Å²) >= 11 is 0. The van der Waals surface area contributed by atoms with Crippen molar-refractivity contribution in [3.63, 3.8) is 0 Å². The SMILES string of the molecule is CC(=O)OC[C@H]1O[C@H](C#N)C=C[C@@H]1[C@H]1O[C@H](COC(C)=O)[C@@H](OC(C)=O)[C@H](OC(C)=O)[C@H]1OC(C)=O. The largest absolute Gasteiger partial charge is 0.463 e. The maximum Gasteiger partial charge on any atom is 0.303 e. The van der Waals surface area contributed by atoms with Gasteiger partial charge in [0, 0.05) is 40.5 Å². The van der Waals surface area contributed by atoms with Crippen molar-refractivity contribution < 1.29 is 57.1 Å². The van der Waals surface area contributed by atoms with Crippen LogP contribution < -0.4 is 0 Å². The van der Waals surface area contributed by atoms with Crippen LogP contribution in [-0.2, 0) is 57.1 Å². The number of nitriles is 1. The molecule has 0 N–H and O–H groups in total. The first-order valence-electron chi connectivity index (χ1n) is 11.1. The molecular formula is C23H29NO12. The van der Waals surface area contributed by atoms with Crippen molar-refractivity contribution in [1.82, 2.24) is 0 Å². The number of esters is 5. The van der Waals surface area contributed by atoms with Gasteiger partial charge >= 0.3 is 29.8 Å². The van der Waals surface area contributed by atoms with Gasteiger partial charge in [0.25, 0.3) is 0 Å². The van der Waals surface area contributed by atoms with Gasteiger partial charge in [-0.05, 0) is 6.08 Å². The molecule has 1 fully saturated rings. The molecule has 13 heteroatoms. The Morgan fingerprint density at radius 3 is 1.69 bits per heavy atom. The van der Waals surface area contributed by atoms with Crippen LogP contribution in [0.2, 0.25) is 0 Å². The zero-order valence-corrected chi connectivity index (χ0v) is 20.5. The lowest BCUT2D eigenvalue weighted by Crippen LogP contribution is -2.65. The van der Waals surface area contributed by atoms with Gasteiger partial charge in [-0.15, -0.1) is 0 Å². The second kappa shape index (κ2) is 13.0. The summed E-state index contributed by atoms with van der Waals surface area (Å²) in [5.74, 6) is -4.31. The summed E-state index contributed by atoms with van der Waals surface area (Å²) in [5, 5.41) is 9.29. The average molecular weight is 511 g/mol. The summed E-state index contributed by atoms with van der Waals surface area (Å²) in [6, 6.07) is 1.93. The van der Waals surface area contributed by atoms with Crippen molar-refractivity contribution in [3.05, 3.63) is 12.2 Å². The molecule has 1 saturated heterocycles. The summed E-state index contributed by atoms with van der Waals surface area (Å²) in [4.78, 5) is 58.8. The van der Waals surface area contributed by atoms with Crippen LogP contribution in [0.25, 0.3) is 0 Å². The molecule has 0 aromatic rings. The molecular weight excluding hydrogens is 482 g/mol. The topological polar surface area (TPSA) is 174 Å². The van der Waals surface area contributed by atoms with E-state index in [2.05, 4.69) is 0 Å². The molecule has 2 aliphatic rings. The molecule has 0 bridgehead atoms. The van der Waals surface area contributed by atoms with Gasteiger partial charge < -0.3 is 33.2 Å². The Morgan fingerprint density at radius 2 is 1.19 bits per heavy atom. The van der Waals surface area contributed by atoms with Gasteiger partial charge in [-0.25, -0.2) is 0 Å². The van der Waals surface area contributed by atoms with Crippen molar-refractivity contribution in [1.29, 1.82) is 5.26 Å². The third-order valence-corrected chi connectivity index (χ3v) is 5.24. The molecule has 13 nitrogen and oxygen atoms in total. The van der Waals surface area contributed by atoms with E-state index in [1.54, 1.807) is 6.08 Å². The maximum absolute atomic E-state index is 12.0. The van der Waals surface area contributed by atoms with Gasteiger partial charge in [0.15, 0.2) is 24.4 Å². The van der Waals surface area contributed by atoms with Gasteiger partial charge in [0.2, 0.25) is 0 Å². The summed E-state index contributed by atoms with van der Waals surface area (Å²) < 4.78 is 38.3. The average Bonchev–Trinajstić information content (AvgIpc) is 2.78. The standard InChI is InChI=1S/C23H29NO12/c1-11(25)30-9-18-17(7-6-16(8-24)35-18)20-22(33-14(4)28)23(34-15(5)29)21(32-13(3)27)19(36-20)10-31-12(2)26/h6-7,16-23H,9-10H2,1-5H3/t16-,17-,18+,19+,20+,21+,22-,23-/m0/s1. The van der Waals surface area contributed by atoms with E-state index in [4.69, 9.17) is 33.2 Å². The predicted octanol–water partition coefficient (Wildman–Crippen LogP) is 0.138. The first-order chi connectivity index (χ1) is 16.9. The van der Waals surface area contributed by atoms with Gasteiger partial charge in [0.1, 0.15) is 31.5 Å². The van der Waals surface area contributed by atoms with E-state index in [1.165, 1.54) is 19.9 Å². The van der Waals surface area contributed by atoms with Crippen LogP contribution in [0.4, 0.5) is 0 Å². The van der Waals surface area contributed by atoms with E-state index in [0.717, 1.165) is 20.8 Å². The first-order valence-corrected chi connectivity index (χ1v) is 11.1. The summed E-state index contributed by atoms with van der Waals surface area (Å²) in [6.45, 7) is 5.08. The molecule has 8 atom stereocenters. The van der Waals surface area contributed by atoms with Crippen molar-refractivity contribution in [2.45, 2.75) is 77.3 Å². The lowest BCUT2D eigenvalue weighted by Gasteiger charge is -2.48. The molecule has 198 valence electrons. The Labute approximate surface area is 207 Å². The molecule has 0 aliphatic carbocycles. The second-order valence-corrected chi connectivity index (χ2v) is 8.15. The highest BCUT2D eigenvalue weighted by Gasteiger charge is 2.55. The Bertz CT molecular complexity index is 925. The van der Waals surface area contributed by atoms with E-state index in [1.807, 2.05) is 6.07 Å². The molecule has 2 heterocycles. The highest BCUT2D eigenvalue weighted by molar-refractivity contribution is 5.69. The van der Waals surface area contributed by atoms with Gasteiger partial charge in [-0.1, -0.05) is 6.08 Å². The van der Waals surface area contributed by atoms with Crippen LogP contribution in [0.5, 0.6) is 0 Å². The first kappa shape index (κ1) is 28.7. The van der Waals surface area contributed by atoms with E-state index >= 15 is 0 Å². The third kappa shape index (κ3) is 8.03. The van der Waals surface area contributed by atoms with E-state index in [0.29, 0.717) is 0 Å². The monoisotopic (exact) mass is 511 g/mol. The van der Waals surface area contributed by atoms with Crippen LogP contribution in [0.1, 0.15) is 34.6 Å². The molecule has 0 radical (unpaired) electrons. The third-order valence-electron chi connectivity index (χ3n) is 5.24. The van der Waals surface area contributed by atoms with Crippen LogP contribution in [0, 0.1) is 17.2 Å². The minimum Gasteiger partial charge on any atom is -0.463 e. The van der Waals surface area contributed by atoms with Gasteiger partial charge in [0.05, 0.1) is 6.07 Å². The Hall–Kier alpha value is -3.50. The molecule has 0 aromatic carbocycles. The highest BCUT2D eigenvalue weighted by Crippen LogP contribution is 2.36. The maximum atomic E-state index is 12.0. The van der Waals surface area contributed by atoms with Gasteiger partial charge in [-0.3, -0.25) is 24.0 Å². The van der Waals surface area contributed by atoms with Crippen LogP contribution in [0.15, 0.2) is 12.2 Å². The molecule has 0 saturated carbocycles. The van der Waals surface area contributed by atoms with Gasteiger partial charge in [-0.2, -0.15) is 5.26 Å². The predicted molar refractivity (Wildman–Crippen MR) is 115 cm³/mol. The minimum absolute atomic E-state index is 0.268. The van der Waals surface area contributed by atoms with E-state index in [-0.39, 0.29) is 13.2 Å². The van der Waals surface area contributed by atoms with Crippen molar-refractivity contribution in [2.24, 2.45) is 5.92 Å². The van der Waals surface area contributed by atoms with Crippen molar-refractivity contribution in [3.8, 4) is 6.07 Å². The molecule has 0 spiro atoms. The summed E-state index contributed by atoms with van der Waals surface area (Å²) in [6.07, 6.45) is -5.10. The number of rotatable bonds is 8. The fourth-order valence-corrected chi connectivity index (χ4v) is 3.99. The summed E-state index contributed by atoms with van der Waals surface area (Å²) in [5.41, 5.74) is 0. The molecule has 2 rings (SSSR count). The smallest absolute Gasteiger partial charge is 0.303 e. The Morgan fingerprint density at radius 1 is 0.694 bits per heavy atom. The molecule has 0 aromatic heterocycles. The van der Waals surface area contributed by atoms with Crippen molar-refractivity contribution in [2.75, 3.05) is 13.2 Å². The number of carbonyl (C=O) groups excluding carboxylic acids is 5. The quantitative estimate of drug-likeness (QED) is 0.245. The van der Waals surface area contributed by atoms with Crippen molar-refractivity contribution >= 4 is 29.8 Å². The van der Waals surface area contributed by atoms with E-state index in [9.17, 15) is 29.2 Å². The number of carbonyl (C=O) groups is 5.